The van der Waals surface area contributed by atoms with Gasteiger partial charge in [0.1, 0.15) is 5.75 Å². The molecule has 2 N–H and O–H groups in total. The molecule has 0 unspecified atom stereocenters. The number of rotatable bonds is 4. The van der Waals surface area contributed by atoms with Gasteiger partial charge in [-0.2, -0.15) is 0 Å². The summed E-state index contributed by atoms with van der Waals surface area (Å²) >= 11 is 12.0. The number of aromatic nitrogens is 2. The number of thiocarbonyl (C=S) groups is 1. The van der Waals surface area contributed by atoms with Crippen LogP contribution in [0.5, 0.6) is 5.75 Å². The van der Waals surface area contributed by atoms with Crippen molar-refractivity contribution < 1.29 is 5.11 Å². The second-order valence-corrected chi connectivity index (χ2v) is 8.74. The summed E-state index contributed by atoms with van der Waals surface area (Å²) in [5.41, 5.74) is 4.97. The number of nitrogens with one attached hydrogen (secondary N) is 1. The van der Waals surface area contributed by atoms with Gasteiger partial charge in [0, 0.05) is 28.6 Å². The lowest BCUT2D eigenvalue weighted by Gasteiger charge is -2.29. The van der Waals surface area contributed by atoms with Gasteiger partial charge in [-0.05, 0) is 81.9 Å². The molecule has 1 saturated heterocycles. The van der Waals surface area contributed by atoms with E-state index in [-0.39, 0.29) is 17.8 Å². The molecule has 4 rings (SSSR count). The van der Waals surface area contributed by atoms with Crippen molar-refractivity contribution in [2.45, 2.75) is 45.8 Å². The van der Waals surface area contributed by atoms with Crippen molar-refractivity contribution in [2.24, 2.45) is 0 Å². The van der Waals surface area contributed by atoms with Gasteiger partial charge < -0.3 is 19.9 Å². The molecule has 5 nitrogen and oxygen atoms in total. The molecule has 0 amide bonds. The summed E-state index contributed by atoms with van der Waals surface area (Å²) in [6, 6.07) is 13.1. The maximum absolute atomic E-state index is 10.6. The SMILES string of the molecule is Cc1cc([C@H]2[C@H](c3ccccn3)NC(=S)N2c2cc(Cl)ccc2O)c(C)n1C(C)C. The maximum atomic E-state index is 10.6. The largest absolute Gasteiger partial charge is 0.506 e. The first-order valence-electron chi connectivity index (χ1n) is 9.97. The summed E-state index contributed by atoms with van der Waals surface area (Å²) in [6.45, 7) is 8.61. The molecular weight excluding hydrogens is 416 g/mol. The molecule has 1 aromatic carbocycles. The quantitative estimate of drug-likeness (QED) is 0.516. The number of pyridine rings is 1. The second kappa shape index (κ2) is 7.93. The Hall–Kier alpha value is -2.57. The summed E-state index contributed by atoms with van der Waals surface area (Å²) in [5.74, 6) is 0.132. The number of aryl methyl sites for hydroxylation is 1. The molecule has 3 aromatic rings. The van der Waals surface area contributed by atoms with Crippen LogP contribution in [0, 0.1) is 13.8 Å². The fourth-order valence-electron chi connectivity index (χ4n) is 4.52. The number of hydrogen-bond acceptors (Lipinski definition) is 3. The molecule has 3 heterocycles. The lowest BCUT2D eigenvalue weighted by Crippen LogP contribution is -2.29. The highest BCUT2D eigenvalue weighted by Gasteiger charge is 2.43. The van der Waals surface area contributed by atoms with Crippen molar-refractivity contribution >= 4 is 34.6 Å². The monoisotopic (exact) mass is 440 g/mol. The van der Waals surface area contributed by atoms with Crippen LogP contribution in [0.3, 0.4) is 0 Å². The summed E-state index contributed by atoms with van der Waals surface area (Å²) in [6.07, 6.45) is 1.79. The smallest absolute Gasteiger partial charge is 0.174 e. The maximum Gasteiger partial charge on any atom is 0.174 e. The van der Waals surface area contributed by atoms with Gasteiger partial charge in [-0.25, -0.2) is 0 Å². The van der Waals surface area contributed by atoms with E-state index < -0.39 is 0 Å². The van der Waals surface area contributed by atoms with Gasteiger partial charge >= 0.3 is 0 Å². The molecular formula is C23H25ClN4OS. The predicted molar refractivity (Wildman–Crippen MR) is 125 cm³/mol. The molecule has 1 aliphatic rings. The minimum absolute atomic E-state index is 0.132. The van der Waals surface area contributed by atoms with Gasteiger partial charge in [0.25, 0.3) is 0 Å². The van der Waals surface area contributed by atoms with E-state index in [1.807, 2.05) is 23.1 Å². The standard InChI is InChI=1S/C23H25ClN4OS/c1-13(2)27-14(3)11-17(15(27)4)22-21(18-7-5-6-10-25-18)26-23(30)28(22)19-12-16(24)8-9-20(19)29/h5-13,21-22,29H,1-4H3,(H,26,30)/t21-,22-/m0/s1. The third-order valence-electron chi connectivity index (χ3n) is 5.65. The number of benzene rings is 1. The van der Waals surface area contributed by atoms with Crippen molar-refractivity contribution in [3.05, 3.63) is 76.3 Å². The molecule has 156 valence electrons. The van der Waals surface area contributed by atoms with E-state index in [0.29, 0.717) is 21.9 Å². The van der Waals surface area contributed by atoms with E-state index in [4.69, 9.17) is 23.8 Å². The Balaban J connectivity index is 1.93. The van der Waals surface area contributed by atoms with Crippen LogP contribution in [0.15, 0.2) is 48.7 Å². The number of hydrogen-bond donors (Lipinski definition) is 2. The number of halogens is 1. The third kappa shape index (κ3) is 3.44. The number of anilines is 1. The Morgan fingerprint density at radius 3 is 2.57 bits per heavy atom. The van der Waals surface area contributed by atoms with E-state index in [2.05, 4.69) is 48.6 Å². The van der Waals surface area contributed by atoms with Crippen LogP contribution in [-0.4, -0.2) is 19.8 Å². The van der Waals surface area contributed by atoms with Crippen molar-refractivity contribution in [2.75, 3.05) is 4.90 Å². The average Bonchev–Trinajstić information content (AvgIpc) is 3.20. The van der Waals surface area contributed by atoms with Crippen molar-refractivity contribution in [3.8, 4) is 5.75 Å². The normalized spacial score (nSPS) is 18.9. The first-order chi connectivity index (χ1) is 14.3. The van der Waals surface area contributed by atoms with E-state index in [1.165, 1.54) is 11.4 Å². The van der Waals surface area contributed by atoms with Gasteiger partial charge in [-0.1, -0.05) is 17.7 Å². The number of phenols is 1. The molecule has 1 fully saturated rings. The molecule has 2 atom stereocenters. The van der Waals surface area contributed by atoms with Gasteiger partial charge in [0.15, 0.2) is 5.11 Å². The number of nitrogens with zero attached hydrogens (tertiary/aromatic N) is 3. The zero-order valence-electron chi connectivity index (χ0n) is 17.4. The molecule has 30 heavy (non-hydrogen) atoms. The molecule has 2 aromatic heterocycles. The zero-order chi connectivity index (χ0) is 21.6. The fourth-order valence-corrected chi connectivity index (χ4v) is 5.02. The second-order valence-electron chi connectivity index (χ2n) is 7.92. The molecule has 0 aliphatic carbocycles. The molecule has 0 bridgehead atoms. The van der Waals surface area contributed by atoms with E-state index in [1.54, 1.807) is 24.4 Å². The summed E-state index contributed by atoms with van der Waals surface area (Å²) in [5, 5.41) is 15.1. The van der Waals surface area contributed by atoms with Crippen LogP contribution in [0.2, 0.25) is 5.02 Å². The minimum Gasteiger partial charge on any atom is -0.506 e. The summed E-state index contributed by atoms with van der Waals surface area (Å²) in [7, 11) is 0. The first kappa shape index (κ1) is 20.7. The summed E-state index contributed by atoms with van der Waals surface area (Å²) in [4.78, 5) is 6.55. The van der Waals surface area contributed by atoms with E-state index in [9.17, 15) is 5.11 Å². The highest BCUT2D eigenvalue weighted by atomic mass is 35.5. The summed E-state index contributed by atoms with van der Waals surface area (Å²) < 4.78 is 2.32. The Morgan fingerprint density at radius 1 is 1.17 bits per heavy atom. The Kier molecular flexibility index (Phi) is 5.47. The van der Waals surface area contributed by atoms with Crippen LogP contribution < -0.4 is 10.2 Å². The number of aromatic hydroxyl groups is 1. The van der Waals surface area contributed by atoms with Crippen LogP contribution >= 0.6 is 23.8 Å². The van der Waals surface area contributed by atoms with Gasteiger partial charge in [0.2, 0.25) is 0 Å². The van der Waals surface area contributed by atoms with Crippen LogP contribution in [0.25, 0.3) is 0 Å². The molecule has 7 heteroatoms. The number of phenolic OH excluding ortho intramolecular Hbond substituents is 1. The lowest BCUT2D eigenvalue weighted by atomic mass is 9.96. The zero-order valence-corrected chi connectivity index (χ0v) is 19.0. The van der Waals surface area contributed by atoms with Gasteiger partial charge in [-0.15, -0.1) is 0 Å². The molecule has 0 radical (unpaired) electrons. The highest BCUT2D eigenvalue weighted by molar-refractivity contribution is 7.80. The first-order valence-corrected chi connectivity index (χ1v) is 10.8. The average molecular weight is 441 g/mol. The topological polar surface area (TPSA) is 53.3 Å². The van der Waals surface area contributed by atoms with Gasteiger partial charge in [0.05, 0.1) is 23.5 Å². The minimum atomic E-state index is -0.185. The Labute approximate surface area is 187 Å². The van der Waals surface area contributed by atoms with Crippen molar-refractivity contribution in [3.63, 3.8) is 0 Å². The van der Waals surface area contributed by atoms with Crippen LogP contribution in [-0.2, 0) is 0 Å². The van der Waals surface area contributed by atoms with Crippen molar-refractivity contribution in [1.29, 1.82) is 0 Å². The molecule has 1 aliphatic heterocycles. The predicted octanol–water partition coefficient (Wildman–Crippen LogP) is 5.62. The van der Waals surface area contributed by atoms with Gasteiger partial charge in [-0.3, -0.25) is 4.98 Å². The molecule has 0 saturated carbocycles. The Bertz CT molecular complexity index is 1100. The van der Waals surface area contributed by atoms with Crippen molar-refractivity contribution in [1.82, 2.24) is 14.9 Å². The van der Waals surface area contributed by atoms with Crippen LogP contribution in [0.1, 0.15) is 54.6 Å². The van der Waals surface area contributed by atoms with E-state index >= 15 is 0 Å². The molecule has 0 spiro atoms. The fraction of sp³-hybridized carbons (Fsp3) is 0.304. The Morgan fingerprint density at radius 2 is 1.93 bits per heavy atom. The van der Waals surface area contributed by atoms with E-state index in [0.717, 1.165) is 11.3 Å². The highest BCUT2D eigenvalue weighted by Crippen LogP contribution is 2.46. The lowest BCUT2D eigenvalue weighted by molar-refractivity contribution is 0.472. The van der Waals surface area contributed by atoms with Crippen LogP contribution in [0.4, 0.5) is 5.69 Å². The third-order valence-corrected chi connectivity index (χ3v) is 6.20.